The molecule has 0 aliphatic rings. The average molecular weight is 257 g/mol. The van der Waals surface area contributed by atoms with Crippen molar-refractivity contribution >= 4 is 21.7 Å². The number of alkyl halides is 1. The first kappa shape index (κ1) is 11.4. The predicted octanol–water partition coefficient (Wildman–Crippen LogP) is 3.02. The van der Waals surface area contributed by atoms with E-state index in [1.165, 1.54) is 0 Å². The van der Waals surface area contributed by atoms with Crippen LogP contribution in [-0.2, 0) is 4.74 Å². The summed E-state index contributed by atoms with van der Waals surface area (Å²) in [5.74, 6) is -0.00174. The first-order chi connectivity index (χ1) is 6.49. The van der Waals surface area contributed by atoms with E-state index < -0.39 is 4.51 Å². The second-order valence-electron chi connectivity index (χ2n) is 3.44. The van der Waals surface area contributed by atoms with Crippen LogP contribution in [0.25, 0.3) is 0 Å². The highest BCUT2D eigenvalue weighted by atomic mass is 79.9. The third kappa shape index (κ3) is 4.03. The molecule has 0 N–H and O–H groups in total. The van der Waals surface area contributed by atoms with E-state index in [-0.39, 0.29) is 12.4 Å². The summed E-state index contributed by atoms with van der Waals surface area (Å²) in [7, 11) is 0. The average Bonchev–Trinajstić information content (AvgIpc) is 2.14. The number of ether oxygens (including phenoxy) is 1. The maximum Gasteiger partial charge on any atom is 0.188 e. The summed E-state index contributed by atoms with van der Waals surface area (Å²) >= 11 is 3.31. The Kier molecular flexibility index (Phi) is 3.84. The van der Waals surface area contributed by atoms with Crippen molar-refractivity contribution in [3.63, 3.8) is 0 Å². The van der Waals surface area contributed by atoms with Crippen molar-refractivity contribution in [1.82, 2.24) is 0 Å². The molecular weight excluding hydrogens is 244 g/mol. The molecule has 0 bridgehead atoms. The molecule has 0 atom stereocenters. The molecule has 0 aliphatic carbocycles. The molecule has 0 unspecified atom stereocenters. The number of carbonyl (C=O) groups is 1. The van der Waals surface area contributed by atoms with Crippen LogP contribution in [0.5, 0.6) is 0 Å². The van der Waals surface area contributed by atoms with Gasteiger partial charge in [0.1, 0.15) is 11.1 Å². The topological polar surface area (TPSA) is 26.3 Å². The van der Waals surface area contributed by atoms with Crippen molar-refractivity contribution in [2.24, 2.45) is 0 Å². The first-order valence-corrected chi connectivity index (χ1v) is 5.19. The van der Waals surface area contributed by atoms with Crippen LogP contribution in [0, 0.1) is 0 Å². The number of hydrogen-bond acceptors (Lipinski definition) is 2. The van der Waals surface area contributed by atoms with E-state index in [9.17, 15) is 4.79 Å². The molecule has 2 nitrogen and oxygen atoms in total. The van der Waals surface area contributed by atoms with Crippen LogP contribution in [0.4, 0.5) is 0 Å². The molecule has 0 saturated heterocycles. The van der Waals surface area contributed by atoms with Crippen molar-refractivity contribution < 1.29 is 9.53 Å². The summed E-state index contributed by atoms with van der Waals surface area (Å²) in [6.45, 7) is 3.80. The second-order valence-corrected chi connectivity index (χ2v) is 5.35. The van der Waals surface area contributed by atoms with Gasteiger partial charge in [-0.15, -0.1) is 0 Å². The molecule has 1 rings (SSSR count). The Labute approximate surface area is 92.4 Å². The fraction of sp³-hybridized carbons (Fsp3) is 0.364. The minimum Gasteiger partial charge on any atom is -0.356 e. The van der Waals surface area contributed by atoms with Gasteiger partial charge in [-0.1, -0.05) is 46.3 Å². The Balaban J connectivity index is 2.52. The lowest BCUT2D eigenvalue weighted by atomic mass is 10.1. The van der Waals surface area contributed by atoms with E-state index in [1.807, 2.05) is 32.0 Å². The van der Waals surface area contributed by atoms with E-state index in [2.05, 4.69) is 15.9 Å². The van der Waals surface area contributed by atoms with Gasteiger partial charge in [0.15, 0.2) is 5.78 Å². The summed E-state index contributed by atoms with van der Waals surface area (Å²) in [6.07, 6.45) is 0. The molecule has 14 heavy (non-hydrogen) atoms. The van der Waals surface area contributed by atoms with Crippen molar-refractivity contribution in [3.8, 4) is 0 Å². The van der Waals surface area contributed by atoms with Gasteiger partial charge < -0.3 is 4.74 Å². The summed E-state index contributed by atoms with van der Waals surface area (Å²) in [4.78, 5) is 11.5. The van der Waals surface area contributed by atoms with Gasteiger partial charge in [0.05, 0.1) is 0 Å². The summed E-state index contributed by atoms with van der Waals surface area (Å²) < 4.78 is 4.87. The molecule has 3 heteroatoms. The molecule has 0 spiro atoms. The molecule has 0 amide bonds. The Morgan fingerprint density at radius 3 is 2.43 bits per heavy atom. The fourth-order valence-electron chi connectivity index (χ4n) is 0.945. The maximum absolute atomic E-state index is 11.5. The SMILES string of the molecule is CC(C)(Br)OCC(=O)c1ccccc1. The molecule has 0 heterocycles. The van der Waals surface area contributed by atoms with Gasteiger partial charge >= 0.3 is 0 Å². The number of rotatable bonds is 4. The summed E-state index contributed by atoms with van der Waals surface area (Å²) in [5.41, 5.74) is 0.684. The van der Waals surface area contributed by atoms with Crippen LogP contribution in [0.3, 0.4) is 0 Å². The molecule has 0 saturated carbocycles. The fourth-order valence-corrected chi connectivity index (χ4v) is 1.06. The molecule has 1 aromatic carbocycles. The van der Waals surface area contributed by atoms with E-state index in [1.54, 1.807) is 12.1 Å². The van der Waals surface area contributed by atoms with Crippen LogP contribution >= 0.6 is 15.9 Å². The first-order valence-electron chi connectivity index (χ1n) is 4.40. The second kappa shape index (κ2) is 4.71. The largest absolute Gasteiger partial charge is 0.356 e. The van der Waals surface area contributed by atoms with Crippen LogP contribution in [0.15, 0.2) is 30.3 Å². The van der Waals surface area contributed by atoms with Gasteiger partial charge in [-0.25, -0.2) is 0 Å². The minimum atomic E-state index is -0.447. The number of carbonyl (C=O) groups excluding carboxylic acids is 1. The predicted molar refractivity (Wildman–Crippen MR) is 59.7 cm³/mol. The van der Waals surface area contributed by atoms with E-state index in [0.29, 0.717) is 5.56 Å². The number of benzene rings is 1. The summed E-state index contributed by atoms with van der Waals surface area (Å²) in [5, 5.41) is 0. The standard InChI is InChI=1S/C11H13BrO2/c1-11(2,12)14-8-10(13)9-6-4-3-5-7-9/h3-7H,8H2,1-2H3. The number of ketones is 1. The van der Waals surface area contributed by atoms with Crippen molar-refractivity contribution in [1.29, 1.82) is 0 Å². The van der Waals surface area contributed by atoms with Crippen LogP contribution in [-0.4, -0.2) is 16.9 Å². The van der Waals surface area contributed by atoms with Gasteiger partial charge in [-0.3, -0.25) is 4.79 Å². The zero-order valence-corrected chi connectivity index (χ0v) is 9.87. The third-order valence-corrected chi connectivity index (χ3v) is 1.87. The molecule has 76 valence electrons. The smallest absolute Gasteiger partial charge is 0.188 e. The van der Waals surface area contributed by atoms with E-state index in [0.717, 1.165) is 0 Å². The zero-order chi connectivity index (χ0) is 10.6. The molecule has 0 aliphatic heterocycles. The lowest BCUT2D eigenvalue weighted by molar-refractivity contribution is 0.0478. The van der Waals surface area contributed by atoms with Crippen LogP contribution < -0.4 is 0 Å². The normalized spacial score (nSPS) is 11.4. The lowest BCUT2D eigenvalue weighted by Gasteiger charge is -2.16. The van der Waals surface area contributed by atoms with Crippen LogP contribution in [0.1, 0.15) is 24.2 Å². The molecule has 0 aromatic heterocycles. The number of Topliss-reactive ketones (excluding diaryl/α,β-unsaturated/α-hetero) is 1. The Morgan fingerprint density at radius 2 is 1.93 bits per heavy atom. The quantitative estimate of drug-likeness (QED) is 0.612. The number of hydrogen-bond donors (Lipinski definition) is 0. The molecule has 0 radical (unpaired) electrons. The van der Waals surface area contributed by atoms with Crippen LogP contribution in [0.2, 0.25) is 0 Å². The lowest BCUT2D eigenvalue weighted by Crippen LogP contribution is -2.20. The molecule has 1 aromatic rings. The van der Waals surface area contributed by atoms with Crippen molar-refractivity contribution in [3.05, 3.63) is 35.9 Å². The van der Waals surface area contributed by atoms with Gasteiger partial charge in [0, 0.05) is 5.56 Å². The van der Waals surface area contributed by atoms with Crippen molar-refractivity contribution in [2.45, 2.75) is 18.4 Å². The monoisotopic (exact) mass is 256 g/mol. The highest BCUT2D eigenvalue weighted by molar-refractivity contribution is 9.10. The summed E-state index contributed by atoms with van der Waals surface area (Å²) in [6, 6.07) is 9.13. The Morgan fingerprint density at radius 1 is 1.36 bits per heavy atom. The van der Waals surface area contributed by atoms with E-state index >= 15 is 0 Å². The Hall–Kier alpha value is -0.670. The Bertz CT molecular complexity index is 301. The van der Waals surface area contributed by atoms with Gasteiger partial charge in [0.2, 0.25) is 0 Å². The van der Waals surface area contributed by atoms with E-state index in [4.69, 9.17) is 4.74 Å². The zero-order valence-electron chi connectivity index (χ0n) is 8.29. The highest BCUT2D eigenvalue weighted by Gasteiger charge is 2.15. The molecular formula is C11H13BrO2. The minimum absolute atomic E-state index is 0.00174. The van der Waals surface area contributed by atoms with Gasteiger partial charge in [0.25, 0.3) is 0 Å². The van der Waals surface area contributed by atoms with Gasteiger partial charge in [-0.2, -0.15) is 0 Å². The highest BCUT2D eigenvalue weighted by Crippen LogP contribution is 2.17. The molecule has 0 fully saturated rings. The van der Waals surface area contributed by atoms with Gasteiger partial charge in [-0.05, 0) is 13.8 Å². The maximum atomic E-state index is 11.5. The third-order valence-electron chi connectivity index (χ3n) is 1.64. The number of halogens is 1. The van der Waals surface area contributed by atoms with Crippen molar-refractivity contribution in [2.75, 3.05) is 6.61 Å².